The van der Waals surface area contributed by atoms with E-state index < -0.39 is 5.60 Å². The van der Waals surface area contributed by atoms with Gasteiger partial charge in [-0.2, -0.15) is 0 Å². The lowest BCUT2D eigenvalue weighted by Gasteiger charge is -2.08. The molecule has 0 unspecified atom stereocenters. The zero-order valence-corrected chi connectivity index (χ0v) is 7.88. The standard InChI is InChI=1S/C11H15NO/c1-8-2-3-9(6-10(8)12)7-11(13)4-5-11/h2-3,6,13H,4-5,7,12H2,1H3. The maximum Gasteiger partial charge on any atom is 0.0690 e. The van der Waals surface area contributed by atoms with Crippen LogP contribution in [0, 0.1) is 6.92 Å². The predicted molar refractivity (Wildman–Crippen MR) is 53.5 cm³/mol. The van der Waals surface area contributed by atoms with E-state index in [9.17, 15) is 5.11 Å². The minimum Gasteiger partial charge on any atom is -0.399 e. The molecular weight excluding hydrogens is 162 g/mol. The van der Waals surface area contributed by atoms with E-state index in [1.165, 1.54) is 0 Å². The smallest absolute Gasteiger partial charge is 0.0690 e. The van der Waals surface area contributed by atoms with Gasteiger partial charge in [-0.1, -0.05) is 12.1 Å². The highest BCUT2D eigenvalue weighted by molar-refractivity contribution is 5.48. The molecule has 13 heavy (non-hydrogen) atoms. The van der Waals surface area contributed by atoms with Crippen molar-refractivity contribution in [1.82, 2.24) is 0 Å². The molecule has 1 aromatic rings. The van der Waals surface area contributed by atoms with E-state index in [4.69, 9.17) is 5.73 Å². The number of anilines is 1. The molecule has 2 heteroatoms. The summed E-state index contributed by atoms with van der Waals surface area (Å²) in [6.07, 6.45) is 2.61. The van der Waals surface area contributed by atoms with Gasteiger partial charge in [0.1, 0.15) is 0 Å². The molecule has 1 aliphatic carbocycles. The van der Waals surface area contributed by atoms with Crippen LogP contribution < -0.4 is 5.73 Å². The number of aliphatic hydroxyl groups is 1. The van der Waals surface area contributed by atoms with Gasteiger partial charge in [-0.15, -0.1) is 0 Å². The molecule has 1 saturated carbocycles. The number of rotatable bonds is 2. The van der Waals surface area contributed by atoms with Gasteiger partial charge in [0.05, 0.1) is 5.60 Å². The van der Waals surface area contributed by atoms with E-state index in [2.05, 4.69) is 0 Å². The third kappa shape index (κ3) is 1.83. The van der Waals surface area contributed by atoms with Crippen LogP contribution >= 0.6 is 0 Å². The van der Waals surface area contributed by atoms with E-state index >= 15 is 0 Å². The first-order valence-electron chi connectivity index (χ1n) is 4.66. The van der Waals surface area contributed by atoms with Crippen LogP contribution in [0.2, 0.25) is 0 Å². The summed E-state index contributed by atoms with van der Waals surface area (Å²) >= 11 is 0. The summed E-state index contributed by atoms with van der Waals surface area (Å²) in [6.45, 7) is 1.99. The van der Waals surface area contributed by atoms with Crippen LogP contribution in [-0.4, -0.2) is 10.7 Å². The zero-order chi connectivity index (χ0) is 9.47. The Balaban J connectivity index is 2.17. The molecule has 1 fully saturated rings. The van der Waals surface area contributed by atoms with Gasteiger partial charge in [0.25, 0.3) is 0 Å². The lowest BCUT2D eigenvalue weighted by molar-refractivity contribution is 0.151. The summed E-state index contributed by atoms with van der Waals surface area (Å²) in [5.74, 6) is 0. The summed E-state index contributed by atoms with van der Waals surface area (Å²) in [5, 5.41) is 9.70. The van der Waals surface area contributed by atoms with Gasteiger partial charge >= 0.3 is 0 Å². The van der Waals surface area contributed by atoms with Crippen LogP contribution in [0.4, 0.5) is 5.69 Å². The molecule has 0 spiro atoms. The molecule has 0 amide bonds. The molecule has 1 aromatic carbocycles. The molecule has 2 nitrogen and oxygen atoms in total. The van der Waals surface area contributed by atoms with Crippen molar-refractivity contribution in [3.05, 3.63) is 29.3 Å². The molecule has 0 radical (unpaired) electrons. The Kier molecular flexibility index (Phi) is 1.81. The van der Waals surface area contributed by atoms with E-state index in [-0.39, 0.29) is 0 Å². The van der Waals surface area contributed by atoms with Crippen molar-refractivity contribution >= 4 is 5.69 Å². The number of nitrogen functional groups attached to an aromatic ring is 1. The Morgan fingerprint density at radius 2 is 2.15 bits per heavy atom. The quantitative estimate of drug-likeness (QED) is 0.675. The molecule has 70 valence electrons. The molecule has 0 atom stereocenters. The third-order valence-corrected chi connectivity index (χ3v) is 2.70. The second-order valence-electron chi connectivity index (χ2n) is 4.09. The summed E-state index contributed by atoms with van der Waals surface area (Å²) in [7, 11) is 0. The van der Waals surface area contributed by atoms with Crippen LogP contribution in [0.15, 0.2) is 18.2 Å². The first-order chi connectivity index (χ1) is 6.09. The van der Waals surface area contributed by atoms with Crippen LogP contribution in [0.25, 0.3) is 0 Å². The molecule has 0 heterocycles. The molecule has 3 N–H and O–H groups in total. The summed E-state index contributed by atoms with van der Waals surface area (Å²) in [5.41, 5.74) is 8.43. The normalized spacial score (nSPS) is 18.6. The van der Waals surface area contributed by atoms with E-state index in [1.54, 1.807) is 0 Å². The third-order valence-electron chi connectivity index (χ3n) is 2.70. The van der Waals surface area contributed by atoms with Crippen molar-refractivity contribution < 1.29 is 5.11 Å². The van der Waals surface area contributed by atoms with Crippen LogP contribution in [-0.2, 0) is 6.42 Å². The average molecular weight is 177 g/mol. The Labute approximate surface area is 78.4 Å². The van der Waals surface area contributed by atoms with Crippen molar-refractivity contribution in [1.29, 1.82) is 0 Å². The van der Waals surface area contributed by atoms with Crippen LogP contribution in [0.5, 0.6) is 0 Å². The van der Waals surface area contributed by atoms with Gasteiger partial charge < -0.3 is 10.8 Å². The maximum absolute atomic E-state index is 9.70. The Bertz CT molecular complexity index is 329. The number of hydrogen-bond acceptors (Lipinski definition) is 2. The number of aryl methyl sites for hydroxylation is 1. The minimum atomic E-state index is -0.415. The van der Waals surface area contributed by atoms with Crippen molar-refractivity contribution in [3.63, 3.8) is 0 Å². The van der Waals surface area contributed by atoms with Gasteiger partial charge in [0, 0.05) is 12.1 Å². The van der Waals surface area contributed by atoms with Crippen molar-refractivity contribution in [2.75, 3.05) is 5.73 Å². The molecule has 0 aliphatic heterocycles. The zero-order valence-electron chi connectivity index (χ0n) is 7.88. The highest BCUT2D eigenvalue weighted by atomic mass is 16.3. The van der Waals surface area contributed by atoms with Gasteiger partial charge in [-0.3, -0.25) is 0 Å². The molecule has 0 aromatic heterocycles. The lowest BCUT2D eigenvalue weighted by Crippen LogP contribution is -2.10. The highest BCUT2D eigenvalue weighted by Crippen LogP contribution is 2.38. The second-order valence-corrected chi connectivity index (χ2v) is 4.09. The van der Waals surface area contributed by atoms with Crippen LogP contribution in [0.3, 0.4) is 0 Å². The topological polar surface area (TPSA) is 46.2 Å². The van der Waals surface area contributed by atoms with Gasteiger partial charge in [0.15, 0.2) is 0 Å². The first kappa shape index (κ1) is 8.57. The number of benzene rings is 1. The SMILES string of the molecule is Cc1ccc(CC2(O)CC2)cc1N. The van der Waals surface area contributed by atoms with E-state index in [1.807, 2.05) is 25.1 Å². The Hall–Kier alpha value is -1.02. The van der Waals surface area contributed by atoms with Gasteiger partial charge in [0.2, 0.25) is 0 Å². The molecule has 1 aliphatic rings. The fourth-order valence-electron chi connectivity index (χ4n) is 1.50. The summed E-state index contributed by atoms with van der Waals surface area (Å²) in [6, 6.07) is 6.02. The lowest BCUT2D eigenvalue weighted by atomic mass is 10.0. The maximum atomic E-state index is 9.70. The minimum absolute atomic E-state index is 0.415. The predicted octanol–water partition coefficient (Wildman–Crippen LogP) is 1.64. The second kappa shape index (κ2) is 2.74. The van der Waals surface area contributed by atoms with Crippen molar-refractivity contribution in [2.45, 2.75) is 31.8 Å². The number of hydrogen-bond donors (Lipinski definition) is 2. The van der Waals surface area contributed by atoms with Gasteiger partial charge in [-0.05, 0) is 37.0 Å². The van der Waals surface area contributed by atoms with Crippen molar-refractivity contribution in [3.8, 4) is 0 Å². The molecule has 0 saturated heterocycles. The largest absolute Gasteiger partial charge is 0.399 e. The van der Waals surface area contributed by atoms with E-state index in [0.29, 0.717) is 0 Å². The number of nitrogens with two attached hydrogens (primary N) is 1. The summed E-state index contributed by atoms with van der Waals surface area (Å²) in [4.78, 5) is 0. The fraction of sp³-hybridized carbons (Fsp3) is 0.455. The average Bonchev–Trinajstić information content (AvgIpc) is 2.76. The Morgan fingerprint density at radius 1 is 1.46 bits per heavy atom. The summed E-state index contributed by atoms with van der Waals surface area (Å²) < 4.78 is 0. The fourth-order valence-corrected chi connectivity index (χ4v) is 1.50. The first-order valence-corrected chi connectivity index (χ1v) is 4.66. The molecular formula is C11H15NO. The van der Waals surface area contributed by atoms with E-state index in [0.717, 1.165) is 36.1 Å². The molecule has 2 rings (SSSR count). The van der Waals surface area contributed by atoms with Crippen LogP contribution in [0.1, 0.15) is 24.0 Å². The monoisotopic (exact) mass is 177 g/mol. The van der Waals surface area contributed by atoms with Crippen molar-refractivity contribution in [2.24, 2.45) is 0 Å². The Morgan fingerprint density at radius 3 is 2.69 bits per heavy atom. The highest BCUT2D eigenvalue weighted by Gasteiger charge is 2.40. The molecule has 0 bridgehead atoms. The van der Waals surface area contributed by atoms with Gasteiger partial charge in [-0.25, -0.2) is 0 Å².